The van der Waals surface area contributed by atoms with Crippen molar-refractivity contribution in [3.8, 4) is 0 Å². The second-order valence-electron chi connectivity index (χ2n) is 8.46. The summed E-state index contributed by atoms with van der Waals surface area (Å²) in [6, 6.07) is 20.6. The van der Waals surface area contributed by atoms with Gasteiger partial charge in [-0.15, -0.1) is 0 Å². The predicted molar refractivity (Wildman–Crippen MR) is 136 cm³/mol. The van der Waals surface area contributed by atoms with Crippen LogP contribution in [0.5, 0.6) is 0 Å². The number of carbonyl (C=O) groups excluding carboxylic acids is 3. The number of benzene rings is 3. The lowest BCUT2D eigenvalue weighted by molar-refractivity contribution is -0.137. The van der Waals surface area contributed by atoms with E-state index in [0.717, 1.165) is 16.0 Å². The van der Waals surface area contributed by atoms with E-state index in [1.54, 1.807) is 12.1 Å². The van der Waals surface area contributed by atoms with Gasteiger partial charge < -0.3 is 4.90 Å². The minimum atomic E-state index is -3.92. The second kappa shape index (κ2) is 10.6. The van der Waals surface area contributed by atoms with Crippen LogP contribution in [0.3, 0.4) is 0 Å². The zero-order chi connectivity index (χ0) is 25.9. The van der Waals surface area contributed by atoms with Gasteiger partial charge in [0.05, 0.1) is 23.4 Å². The van der Waals surface area contributed by atoms with Crippen LogP contribution in [0, 0.1) is 0 Å². The Morgan fingerprint density at radius 2 is 1.64 bits per heavy atom. The molecule has 0 bridgehead atoms. The number of sulfonamides is 1. The maximum atomic E-state index is 13.4. The summed E-state index contributed by atoms with van der Waals surface area (Å²) >= 11 is 6.09. The average Bonchev–Trinajstić information content (AvgIpc) is 3.13. The summed E-state index contributed by atoms with van der Waals surface area (Å²) < 4.78 is 23.1. The molecular weight excluding hydrogens is 502 g/mol. The fourth-order valence-corrected chi connectivity index (χ4v) is 4.91. The van der Waals surface area contributed by atoms with E-state index >= 15 is 0 Å². The maximum Gasteiger partial charge on any atom is 0.257 e. The molecule has 36 heavy (non-hydrogen) atoms. The molecule has 3 aromatic carbocycles. The van der Waals surface area contributed by atoms with Crippen molar-refractivity contribution in [3.05, 3.63) is 95.0 Å². The normalized spacial score (nSPS) is 15.8. The Bertz CT molecular complexity index is 1390. The van der Waals surface area contributed by atoms with Crippen molar-refractivity contribution in [2.75, 3.05) is 11.4 Å². The number of rotatable bonds is 8. The van der Waals surface area contributed by atoms with Crippen LogP contribution < -0.4 is 10.0 Å². The molecule has 0 aliphatic carbocycles. The number of hydrogen-bond acceptors (Lipinski definition) is 5. The van der Waals surface area contributed by atoms with Crippen LogP contribution >= 0.6 is 11.6 Å². The molecule has 186 valence electrons. The van der Waals surface area contributed by atoms with E-state index in [-0.39, 0.29) is 35.9 Å². The first-order valence-electron chi connectivity index (χ1n) is 11.2. The number of hydrogen-bond donors (Lipinski definition) is 1. The molecule has 1 aliphatic rings. The van der Waals surface area contributed by atoms with Crippen molar-refractivity contribution in [1.29, 1.82) is 0 Å². The minimum absolute atomic E-state index is 0.0808. The molecule has 1 aliphatic heterocycles. The monoisotopic (exact) mass is 525 g/mol. The van der Waals surface area contributed by atoms with Crippen molar-refractivity contribution in [1.82, 2.24) is 4.90 Å². The first-order chi connectivity index (χ1) is 17.1. The summed E-state index contributed by atoms with van der Waals surface area (Å²) in [6.45, 7) is 0.216. The van der Waals surface area contributed by atoms with E-state index < -0.39 is 27.9 Å². The number of nitrogens with two attached hydrogens (primary N) is 1. The molecule has 10 heteroatoms. The molecule has 0 spiro atoms. The molecule has 0 aromatic heterocycles. The van der Waals surface area contributed by atoms with Gasteiger partial charge >= 0.3 is 0 Å². The first-order valence-corrected chi connectivity index (χ1v) is 13.1. The Hall–Kier alpha value is -3.53. The molecule has 0 saturated carbocycles. The summed E-state index contributed by atoms with van der Waals surface area (Å²) in [5, 5.41) is 5.70. The summed E-state index contributed by atoms with van der Waals surface area (Å²) in [5.41, 5.74) is 1.90. The van der Waals surface area contributed by atoms with E-state index in [1.165, 1.54) is 29.2 Å². The van der Waals surface area contributed by atoms with Crippen LogP contribution in [0.25, 0.3) is 0 Å². The third-order valence-corrected chi connectivity index (χ3v) is 7.14. The maximum absolute atomic E-state index is 13.4. The Balaban J connectivity index is 1.59. The molecule has 1 heterocycles. The van der Waals surface area contributed by atoms with Crippen molar-refractivity contribution < 1.29 is 22.8 Å². The third kappa shape index (κ3) is 5.81. The molecular formula is C26H24ClN3O5S. The Morgan fingerprint density at radius 1 is 0.972 bits per heavy atom. The number of halogens is 1. The molecule has 1 saturated heterocycles. The van der Waals surface area contributed by atoms with E-state index in [9.17, 15) is 22.8 Å². The van der Waals surface area contributed by atoms with Gasteiger partial charge in [-0.25, -0.2) is 18.5 Å². The number of amides is 3. The highest BCUT2D eigenvalue weighted by molar-refractivity contribution is 7.89. The lowest BCUT2D eigenvalue weighted by atomic mass is 10.1. The molecule has 1 fully saturated rings. The SMILES string of the molecule is NS(=O)(=O)c1ccc(N2C(=O)CC(N(CCc3cccc(Cl)c3)C(=O)Cc3ccccc3)C2=O)cc1. The molecule has 3 amide bonds. The lowest BCUT2D eigenvalue weighted by Crippen LogP contribution is -2.47. The summed E-state index contributed by atoms with van der Waals surface area (Å²) in [7, 11) is -3.92. The van der Waals surface area contributed by atoms with Crippen molar-refractivity contribution in [2.45, 2.75) is 30.2 Å². The van der Waals surface area contributed by atoms with E-state index in [1.807, 2.05) is 42.5 Å². The van der Waals surface area contributed by atoms with Crippen LogP contribution in [0.2, 0.25) is 5.02 Å². The highest BCUT2D eigenvalue weighted by Crippen LogP contribution is 2.27. The van der Waals surface area contributed by atoms with Crippen LogP contribution in [-0.4, -0.2) is 43.6 Å². The highest BCUT2D eigenvalue weighted by atomic mass is 35.5. The number of primary sulfonamides is 1. The Morgan fingerprint density at radius 3 is 2.28 bits per heavy atom. The van der Waals surface area contributed by atoms with Gasteiger partial charge in [-0.3, -0.25) is 14.4 Å². The predicted octanol–water partition coefficient (Wildman–Crippen LogP) is 2.93. The molecule has 2 N–H and O–H groups in total. The zero-order valence-corrected chi connectivity index (χ0v) is 20.8. The van der Waals surface area contributed by atoms with Gasteiger partial charge in [-0.2, -0.15) is 0 Å². The van der Waals surface area contributed by atoms with Gasteiger partial charge in [0.1, 0.15) is 6.04 Å². The minimum Gasteiger partial charge on any atom is -0.329 e. The summed E-state index contributed by atoms with van der Waals surface area (Å²) in [4.78, 5) is 42.0. The fourth-order valence-electron chi connectivity index (χ4n) is 4.18. The van der Waals surface area contributed by atoms with Gasteiger partial charge in [-0.05, 0) is 53.9 Å². The standard InChI is InChI=1S/C26H24ClN3O5S/c27-20-8-4-7-19(15-20)13-14-29(24(31)16-18-5-2-1-3-6-18)23-17-25(32)30(26(23)33)21-9-11-22(12-10-21)36(28,34)35/h1-12,15,23H,13-14,16-17H2,(H2,28,34,35). The van der Waals surface area contributed by atoms with Crippen LogP contribution in [0.1, 0.15) is 17.5 Å². The fraction of sp³-hybridized carbons (Fsp3) is 0.192. The molecule has 1 atom stereocenters. The topological polar surface area (TPSA) is 118 Å². The van der Waals surface area contributed by atoms with Gasteiger partial charge in [0.15, 0.2) is 0 Å². The molecule has 3 aromatic rings. The lowest BCUT2D eigenvalue weighted by Gasteiger charge is -2.28. The number of carbonyl (C=O) groups is 3. The van der Waals surface area contributed by atoms with Gasteiger partial charge in [0.25, 0.3) is 5.91 Å². The Labute approximate surface area is 214 Å². The van der Waals surface area contributed by atoms with E-state index in [4.69, 9.17) is 16.7 Å². The summed E-state index contributed by atoms with van der Waals surface area (Å²) in [6.07, 6.45) is 0.353. The molecule has 1 unspecified atom stereocenters. The van der Waals surface area contributed by atoms with Crippen LogP contribution in [0.15, 0.2) is 83.8 Å². The van der Waals surface area contributed by atoms with E-state index in [0.29, 0.717) is 11.4 Å². The molecule has 4 rings (SSSR count). The first kappa shape index (κ1) is 25.6. The largest absolute Gasteiger partial charge is 0.329 e. The zero-order valence-electron chi connectivity index (χ0n) is 19.2. The van der Waals surface area contributed by atoms with E-state index in [2.05, 4.69) is 0 Å². The van der Waals surface area contributed by atoms with Gasteiger partial charge in [0, 0.05) is 11.6 Å². The van der Waals surface area contributed by atoms with Crippen LogP contribution in [0.4, 0.5) is 5.69 Å². The number of anilines is 1. The van der Waals surface area contributed by atoms with Crippen LogP contribution in [-0.2, 0) is 37.2 Å². The summed E-state index contributed by atoms with van der Waals surface area (Å²) in [5.74, 6) is -1.30. The highest BCUT2D eigenvalue weighted by Gasteiger charge is 2.44. The van der Waals surface area contributed by atoms with Crippen molar-refractivity contribution in [2.24, 2.45) is 5.14 Å². The molecule has 0 radical (unpaired) electrons. The number of imide groups is 1. The smallest absolute Gasteiger partial charge is 0.257 e. The van der Waals surface area contributed by atoms with Crippen molar-refractivity contribution in [3.63, 3.8) is 0 Å². The van der Waals surface area contributed by atoms with Crippen molar-refractivity contribution >= 4 is 45.0 Å². The Kier molecular flexibility index (Phi) is 7.53. The third-order valence-electron chi connectivity index (χ3n) is 5.97. The second-order valence-corrected chi connectivity index (χ2v) is 10.5. The van der Waals surface area contributed by atoms with Gasteiger partial charge in [0.2, 0.25) is 21.8 Å². The van der Waals surface area contributed by atoms with Gasteiger partial charge in [-0.1, -0.05) is 54.1 Å². The average molecular weight is 526 g/mol. The molecule has 8 nitrogen and oxygen atoms in total. The number of nitrogens with zero attached hydrogens (tertiary/aromatic N) is 2. The quantitative estimate of drug-likeness (QED) is 0.454.